The molecule has 1 unspecified atom stereocenters. The van der Waals surface area contributed by atoms with Crippen molar-refractivity contribution in [1.29, 1.82) is 0 Å². The van der Waals surface area contributed by atoms with Gasteiger partial charge in [-0.1, -0.05) is 0 Å². The molecule has 0 saturated carbocycles. The van der Waals surface area contributed by atoms with Crippen molar-refractivity contribution in [2.24, 2.45) is 0 Å². The molecule has 0 bridgehead atoms. The number of imidazole rings is 1. The van der Waals surface area contributed by atoms with Crippen molar-refractivity contribution in [2.45, 2.75) is 31.5 Å². The molecule has 4 atom stereocenters. The average Bonchev–Trinajstić information content (AvgIpc) is 3.00. The van der Waals surface area contributed by atoms with Gasteiger partial charge in [-0.15, -0.1) is 0 Å². The maximum absolute atomic E-state index is 14.2. The Balaban J connectivity index is 1.90. The first-order valence-corrected chi connectivity index (χ1v) is 9.41. The monoisotopic (exact) mass is 380 g/mol. The molecule has 1 fully saturated rings. The van der Waals surface area contributed by atoms with Gasteiger partial charge in [0, 0.05) is 0 Å². The number of hydrogen-bond donors (Lipinski definition) is 4. The molecule has 3 heterocycles. The van der Waals surface area contributed by atoms with Crippen LogP contribution in [0, 0.1) is 6.92 Å². The summed E-state index contributed by atoms with van der Waals surface area (Å²) in [5.74, 6) is 0.319. The summed E-state index contributed by atoms with van der Waals surface area (Å²) < 4.78 is 25.4. The first-order valence-electron chi connectivity index (χ1n) is 6.78. The smallest absolute Gasteiger partial charge is 0.321 e. The van der Waals surface area contributed by atoms with Crippen molar-refractivity contribution in [3.05, 3.63) is 22.5 Å². The van der Waals surface area contributed by atoms with Crippen LogP contribution in [0.15, 0.2) is 11.1 Å². The molecule has 13 heteroatoms. The fourth-order valence-electron chi connectivity index (χ4n) is 2.47. The Morgan fingerprint density at radius 2 is 2.29 bits per heavy atom. The number of halogens is 1. The van der Waals surface area contributed by atoms with Gasteiger partial charge in [0.05, 0.1) is 12.9 Å². The number of aliphatic hydroxyl groups is 1. The van der Waals surface area contributed by atoms with Gasteiger partial charge in [-0.2, -0.15) is 0 Å². The van der Waals surface area contributed by atoms with E-state index in [-0.39, 0.29) is 11.2 Å². The second-order valence-corrected chi connectivity index (χ2v) is 7.93. The number of aromatic amines is 1. The molecule has 10 nitrogen and oxygen atoms in total. The summed E-state index contributed by atoms with van der Waals surface area (Å²) >= 11 is 4.28. The summed E-state index contributed by atoms with van der Waals surface area (Å²) in [6.45, 7) is -2.95. The van der Waals surface area contributed by atoms with E-state index in [2.05, 4.69) is 31.3 Å². The van der Waals surface area contributed by atoms with E-state index in [0.717, 1.165) is 0 Å². The molecule has 3 rings (SSSR count). The minimum absolute atomic E-state index is 0.0210. The van der Waals surface area contributed by atoms with Crippen LogP contribution in [0.1, 0.15) is 12.1 Å². The number of nitrogens with one attached hydrogen (secondary N) is 1. The molecule has 1 aliphatic heterocycles. The van der Waals surface area contributed by atoms with Gasteiger partial charge in [0.1, 0.15) is 18.0 Å². The lowest BCUT2D eigenvalue weighted by atomic mass is 10.1. The highest BCUT2D eigenvalue weighted by Crippen LogP contribution is 2.39. The lowest BCUT2D eigenvalue weighted by molar-refractivity contribution is -0.0474. The predicted molar refractivity (Wildman–Crippen MR) is 82.4 cm³/mol. The maximum Gasteiger partial charge on any atom is 0.321 e. The molecule has 1 saturated heterocycles. The lowest BCUT2D eigenvalue weighted by Gasteiger charge is -2.16. The number of aromatic nitrogens is 4. The number of alkyl halides is 1. The highest BCUT2D eigenvalue weighted by atomic mass is 32.5. The van der Waals surface area contributed by atoms with E-state index in [1.807, 2.05) is 0 Å². The summed E-state index contributed by atoms with van der Waals surface area (Å²) in [7, 11) is 0. The number of fused-ring (bicyclic) bond motifs is 1. The Kier molecular flexibility index (Phi) is 4.55. The Morgan fingerprint density at radius 1 is 1.58 bits per heavy atom. The van der Waals surface area contributed by atoms with Gasteiger partial charge < -0.3 is 29.1 Å². The van der Waals surface area contributed by atoms with E-state index in [9.17, 15) is 14.3 Å². The summed E-state index contributed by atoms with van der Waals surface area (Å²) in [4.78, 5) is 40.4. The number of ether oxygens (including phenoxy) is 1. The van der Waals surface area contributed by atoms with Crippen LogP contribution < -0.4 is 5.56 Å². The Morgan fingerprint density at radius 3 is 2.96 bits per heavy atom. The molecule has 0 spiro atoms. The molecule has 0 aromatic carbocycles. The van der Waals surface area contributed by atoms with Gasteiger partial charge in [0.2, 0.25) is 0 Å². The van der Waals surface area contributed by atoms with Gasteiger partial charge in [-0.3, -0.25) is 9.36 Å². The molecule has 0 radical (unpaired) electrons. The van der Waals surface area contributed by atoms with Crippen LogP contribution in [0.2, 0.25) is 0 Å². The van der Waals surface area contributed by atoms with Crippen LogP contribution in [0.4, 0.5) is 4.39 Å². The SMILES string of the molecule is Cc1nc2c(ncn2[C@@H]2O[C@H](COP(O)(O)=S)[C@H](F)C2O)c(=O)[nH]1. The van der Waals surface area contributed by atoms with Crippen molar-refractivity contribution < 1.29 is 28.5 Å². The third-order valence-corrected chi connectivity index (χ3v) is 4.32. The zero-order valence-electron chi connectivity index (χ0n) is 12.2. The summed E-state index contributed by atoms with van der Waals surface area (Å²) in [6, 6.07) is 0. The van der Waals surface area contributed by atoms with E-state index in [4.69, 9.17) is 14.5 Å². The molecule has 0 aliphatic carbocycles. The minimum Gasteiger partial charge on any atom is -0.385 e. The van der Waals surface area contributed by atoms with Gasteiger partial charge in [-0.05, 0) is 18.7 Å². The topological polar surface area (TPSA) is 143 Å². The summed E-state index contributed by atoms with van der Waals surface area (Å²) in [6.07, 6.45) is -4.72. The molecule has 132 valence electrons. The number of aliphatic hydroxyl groups excluding tert-OH is 1. The first-order chi connectivity index (χ1) is 11.2. The van der Waals surface area contributed by atoms with Crippen molar-refractivity contribution in [3.63, 3.8) is 0 Å². The molecular formula is C11H14FN4O6PS. The lowest BCUT2D eigenvalue weighted by Crippen LogP contribution is -2.30. The summed E-state index contributed by atoms with van der Waals surface area (Å²) in [5, 5.41) is 10.1. The number of rotatable bonds is 4. The molecule has 0 amide bonds. The number of aryl methyl sites for hydroxylation is 1. The standard InChI is InChI=1S/C11H14FN4O6PS/c1-4-14-9-7(10(18)15-4)13-3-16(9)11-8(17)6(12)5(22-11)2-21-23(19,20)24/h3,5-6,8,11,17H,2H2,1H3,(H,14,15,18)(H2,19,20,24)/t5-,6+,8?,11-/m1/s1. The van der Waals surface area contributed by atoms with E-state index < -0.39 is 43.5 Å². The molecule has 2 aromatic heterocycles. The Labute approximate surface area is 139 Å². The fourth-order valence-corrected chi connectivity index (χ4v) is 2.99. The normalized spacial score (nSPS) is 27.9. The van der Waals surface area contributed by atoms with E-state index in [1.54, 1.807) is 6.92 Å². The molecule has 1 aliphatic rings. The molecule has 2 aromatic rings. The van der Waals surface area contributed by atoms with Crippen LogP contribution in [-0.4, -0.2) is 59.4 Å². The van der Waals surface area contributed by atoms with E-state index >= 15 is 0 Å². The van der Waals surface area contributed by atoms with Crippen molar-refractivity contribution in [3.8, 4) is 0 Å². The molecular weight excluding hydrogens is 366 g/mol. The van der Waals surface area contributed by atoms with Gasteiger partial charge in [-0.25, -0.2) is 14.4 Å². The second kappa shape index (κ2) is 6.23. The second-order valence-electron chi connectivity index (χ2n) is 5.26. The number of hydrogen-bond acceptors (Lipinski definition) is 7. The van der Waals surface area contributed by atoms with E-state index in [0.29, 0.717) is 5.82 Å². The van der Waals surface area contributed by atoms with Gasteiger partial charge >= 0.3 is 6.72 Å². The van der Waals surface area contributed by atoms with Crippen molar-refractivity contribution in [2.75, 3.05) is 6.61 Å². The van der Waals surface area contributed by atoms with Crippen molar-refractivity contribution >= 4 is 29.7 Å². The maximum atomic E-state index is 14.2. The van der Waals surface area contributed by atoms with Crippen LogP contribution in [-0.2, 0) is 21.1 Å². The van der Waals surface area contributed by atoms with Crippen molar-refractivity contribution in [1.82, 2.24) is 19.5 Å². The van der Waals surface area contributed by atoms with Crippen LogP contribution in [0.5, 0.6) is 0 Å². The third-order valence-electron chi connectivity index (χ3n) is 3.52. The van der Waals surface area contributed by atoms with E-state index in [1.165, 1.54) is 10.9 Å². The third kappa shape index (κ3) is 3.26. The Bertz CT molecular complexity index is 868. The Hall–Kier alpha value is -1.27. The van der Waals surface area contributed by atoms with Gasteiger partial charge in [0.15, 0.2) is 23.6 Å². The zero-order valence-corrected chi connectivity index (χ0v) is 13.9. The van der Waals surface area contributed by atoms with Crippen LogP contribution in [0.3, 0.4) is 0 Å². The average molecular weight is 380 g/mol. The molecule has 4 N–H and O–H groups in total. The quantitative estimate of drug-likeness (QED) is 0.504. The first kappa shape index (κ1) is 17.5. The van der Waals surface area contributed by atoms with Crippen LogP contribution >= 0.6 is 6.72 Å². The van der Waals surface area contributed by atoms with Gasteiger partial charge in [0.25, 0.3) is 5.56 Å². The number of H-pyrrole nitrogens is 1. The zero-order chi connectivity index (χ0) is 17.6. The fraction of sp³-hybridized carbons (Fsp3) is 0.545. The minimum atomic E-state index is -3.97. The summed E-state index contributed by atoms with van der Waals surface area (Å²) in [5.41, 5.74) is -0.321. The van der Waals surface area contributed by atoms with Crippen LogP contribution in [0.25, 0.3) is 11.2 Å². The largest absolute Gasteiger partial charge is 0.385 e. The predicted octanol–water partition coefficient (Wildman–Crippen LogP) is -0.750. The highest BCUT2D eigenvalue weighted by molar-refractivity contribution is 8.06. The molecule has 24 heavy (non-hydrogen) atoms. The highest BCUT2D eigenvalue weighted by Gasteiger charge is 2.46. The number of nitrogens with zero attached hydrogens (tertiary/aromatic N) is 3.